The Bertz CT molecular complexity index is 492. The first-order valence-corrected chi connectivity index (χ1v) is 5.39. The second-order valence-electron chi connectivity index (χ2n) is 3.74. The van der Waals surface area contributed by atoms with Crippen LogP contribution in [0.1, 0.15) is 21.7 Å². The first kappa shape index (κ1) is 11.3. The van der Waals surface area contributed by atoms with Gasteiger partial charge in [-0.15, -0.1) is 0 Å². The summed E-state index contributed by atoms with van der Waals surface area (Å²) in [5, 5.41) is 6.71. The number of nitrogens with zero attached hydrogens (tertiary/aromatic N) is 1. The number of carbonyl (C=O) groups is 1. The Morgan fingerprint density at radius 2 is 2.06 bits per heavy atom. The molecule has 17 heavy (non-hydrogen) atoms. The maximum atomic E-state index is 11.2. The van der Waals surface area contributed by atoms with E-state index in [4.69, 9.17) is 5.84 Å². The van der Waals surface area contributed by atoms with Crippen molar-refractivity contribution in [2.45, 2.75) is 12.8 Å². The quantitative estimate of drug-likeness (QED) is 0.412. The Kier molecular flexibility index (Phi) is 3.52. The summed E-state index contributed by atoms with van der Waals surface area (Å²) in [6.07, 6.45) is 1.72. The number of nitrogens with one attached hydrogen (secondary N) is 2. The molecule has 0 radical (unpaired) electrons. The van der Waals surface area contributed by atoms with Crippen LogP contribution in [0, 0.1) is 0 Å². The normalized spacial score (nSPS) is 10.2. The molecule has 5 heteroatoms. The van der Waals surface area contributed by atoms with E-state index in [1.54, 1.807) is 6.07 Å². The third-order valence-corrected chi connectivity index (χ3v) is 2.52. The molecule has 2 aromatic rings. The molecule has 0 spiro atoms. The van der Waals surface area contributed by atoms with Gasteiger partial charge in [-0.05, 0) is 24.5 Å². The molecule has 4 N–H and O–H groups in total. The number of aromatic amines is 1. The largest absolute Gasteiger partial charge is 0.289 e. The van der Waals surface area contributed by atoms with Gasteiger partial charge >= 0.3 is 0 Å². The minimum atomic E-state index is -0.382. The zero-order valence-electron chi connectivity index (χ0n) is 9.31. The minimum Gasteiger partial charge on any atom is -0.289 e. The standard InChI is InChI=1S/C12H14N4O/c13-14-12(17)11-8-10(15-16-11)7-6-9-4-2-1-3-5-9/h1-5,8H,6-7,13H2,(H,14,17)(H,15,16). The second-order valence-corrected chi connectivity index (χ2v) is 3.74. The average molecular weight is 230 g/mol. The Morgan fingerprint density at radius 1 is 1.29 bits per heavy atom. The Hall–Kier alpha value is -2.14. The maximum absolute atomic E-state index is 11.2. The molecule has 1 heterocycles. The number of aryl methyl sites for hydroxylation is 2. The molecule has 88 valence electrons. The molecule has 1 amide bonds. The summed E-state index contributed by atoms with van der Waals surface area (Å²) in [6.45, 7) is 0. The van der Waals surface area contributed by atoms with Gasteiger partial charge in [0.05, 0.1) is 0 Å². The van der Waals surface area contributed by atoms with E-state index >= 15 is 0 Å². The van der Waals surface area contributed by atoms with Crippen LogP contribution in [0.3, 0.4) is 0 Å². The summed E-state index contributed by atoms with van der Waals surface area (Å²) >= 11 is 0. The summed E-state index contributed by atoms with van der Waals surface area (Å²) in [6, 6.07) is 11.9. The van der Waals surface area contributed by atoms with E-state index in [0.717, 1.165) is 18.5 Å². The fraction of sp³-hybridized carbons (Fsp3) is 0.167. The van der Waals surface area contributed by atoms with Gasteiger partial charge in [0.2, 0.25) is 0 Å². The number of carbonyl (C=O) groups excluding carboxylic acids is 1. The predicted octanol–water partition coefficient (Wildman–Crippen LogP) is 0.798. The lowest BCUT2D eigenvalue weighted by Crippen LogP contribution is -2.30. The Labute approximate surface area is 99.0 Å². The molecule has 0 saturated heterocycles. The molecular weight excluding hydrogens is 216 g/mol. The van der Waals surface area contributed by atoms with Gasteiger partial charge in [-0.3, -0.25) is 15.3 Å². The van der Waals surface area contributed by atoms with E-state index in [0.29, 0.717) is 5.69 Å². The zero-order valence-corrected chi connectivity index (χ0v) is 9.31. The molecule has 0 aliphatic rings. The first-order valence-electron chi connectivity index (χ1n) is 5.39. The van der Waals surface area contributed by atoms with Crippen molar-refractivity contribution in [3.8, 4) is 0 Å². The Morgan fingerprint density at radius 3 is 2.76 bits per heavy atom. The molecule has 1 aromatic carbocycles. The molecule has 0 atom stereocenters. The van der Waals surface area contributed by atoms with Gasteiger partial charge in [-0.2, -0.15) is 5.10 Å². The molecular formula is C12H14N4O. The monoisotopic (exact) mass is 230 g/mol. The van der Waals surface area contributed by atoms with Gasteiger partial charge in [-0.25, -0.2) is 5.84 Å². The summed E-state index contributed by atoms with van der Waals surface area (Å²) in [5.74, 6) is 4.64. The summed E-state index contributed by atoms with van der Waals surface area (Å²) in [5.41, 5.74) is 4.54. The highest BCUT2D eigenvalue weighted by molar-refractivity contribution is 5.91. The van der Waals surface area contributed by atoms with Gasteiger partial charge < -0.3 is 0 Å². The molecule has 1 aromatic heterocycles. The number of aromatic nitrogens is 2. The molecule has 0 fully saturated rings. The van der Waals surface area contributed by atoms with Crippen molar-refractivity contribution in [1.82, 2.24) is 15.6 Å². The average Bonchev–Trinajstić information content (AvgIpc) is 2.85. The molecule has 0 aliphatic carbocycles. The van der Waals surface area contributed by atoms with Gasteiger partial charge in [0, 0.05) is 5.69 Å². The van der Waals surface area contributed by atoms with E-state index in [9.17, 15) is 4.79 Å². The van der Waals surface area contributed by atoms with Crippen molar-refractivity contribution in [3.63, 3.8) is 0 Å². The van der Waals surface area contributed by atoms with Crippen molar-refractivity contribution in [2.75, 3.05) is 0 Å². The minimum absolute atomic E-state index is 0.315. The van der Waals surface area contributed by atoms with Crippen LogP contribution in [-0.2, 0) is 12.8 Å². The van der Waals surface area contributed by atoms with Crippen LogP contribution in [0.5, 0.6) is 0 Å². The van der Waals surface area contributed by atoms with Crippen molar-refractivity contribution < 1.29 is 4.79 Å². The molecule has 0 bridgehead atoms. The van der Waals surface area contributed by atoms with Crippen molar-refractivity contribution >= 4 is 5.91 Å². The zero-order chi connectivity index (χ0) is 12.1. The van der Waals surface area contributed by atoms with Gasteiger partial charge in [-0.1, -0.05) is 30.3 Å². The molecule has 0 aliphatic heterocycles. The van der Waals surface area contributed by atoms with Gasteiger partial charge in [0.25, 0.3) is 5.91 Å². The number of hydrazine groups is 1. The van der Waals surface area contributed by atoms with Gasteiger partial charge in [0.1, 0.15) is 0 Å². The van der Waals surface area contributed by atoms with Crippen molar-refractivity contribution in [1.29, 1.82) is 0 Å². The van der Waals surface area contributed by atoms with Crippen LogP contribution >= 0.6 is 0 Å². The third-order valence-electron chi connectivity index (χ3n) is 2.52. The summed E-state index contributed by atoms with van der Waals surface area (Å²) < 4.78 is 0. The molecule has 0 saturated carbocycles. The maximum Gasteiger partial charge on any atom is 0.285 e. The smallest absolute Gasteiger partial charge is 0.285 e. The molecule has 0 unspecified atom stereocenters. The summed E-state index contributed by atoms with van der Waals surface area (Å²) in [4.78, 5) is 11.2. The van der Waals surface area contributed by atoms with Crippen LogP contribution in [0.2, 0.25) is 0 Å². The first-order chi connectivity index (χ1) is 8.29. The highest BCUT2D eigenvalue weighted by Gasteiger charge is 2.08. The number of rotatable bonds is 4. The lowest BCUT2D eigenvalue weighted by molar-refractivity contribution is 0.0948. The number of nitrogen functional groups attached to an aromatic ring is 1. The fourth-order valence-electron chi connectivity index (χ4n) is 1.60. The lowest BCUT2D eigenvalue weighted by Gasteiger charge is -1.98. The Balaban J connectivity index is 1.96. The highest BCUT2D eigenvalue weighted by Crippen LogP contribution is 2.06. The SMILES string of the molecule is NNC(=O)c1cc(CCc2ccccc2)[nH]n1. The molecule has 2 rings (SSSR count). The van der Waals surface area contributed by atoms with Crippen LogP contribution in [-0.4, -0.2) is 16.1 Å². The van der Waals surface area contributed by atoms with Crippen LogP contribution in [0.25, 0.3) is 0 Å². The third kappa shape index (κ3) is 2.92. The van der Waals surface area contributed by atoms with E-state index in [1.165, 1.54) is 5.56 Å². The van der Waals surface area contributed by atoms with Crippen LogP contribution < -0.4 is 11.3 Å². The van der Waals surface area contributed by atoms with Crippen LogP contribution in [0.15, 0.2) is 36.4 Å². The van der Waals surface area contributed by atoms with E-state index in [1.807, 2.05) is 23.6 Å². The van der Waals surface area contributed by atoms with E-state index < -0.39 is 0 Å². The van der Waals surface area contributed by atoms with E-state index in [2.05, 4.69) is 22.3 Å². The summed E-state index contributed by atoms with van der Waals surface area (Å²) in [7, 11) is 0. The van der Waals surface area contributed by atoms with Crippen molar-refractivity contribution in [3.05, 3.63) is 53.3 Å². The topological polar surface area (TPSA) is 83.8 Å². The highest BCUT2D eigenvalue weighted by atomic mass is 16.2. The van der Waals surface area contributed by atoms with Gasteiger partial charge in [0.15, 0.2) is 5.69 Å². The van der Waals surface area contributed by atoms with Crippen molar-refractivity contribution in [2.24, 2.45) is 5.84 Å². The predicted molar refractivity (Wildman–Crippen MR) is 64.1 cm³/mol. The van der Waals surface area contributed by atoms with E-state index in [-0.39, 0.29) is 5.91 Å². The fourth-order valence-corrected chi connectivity index (χ4v) is 1.60. The molecule has 5 nitrogen and oxygen atoms in total. The lowest BCUT2D eigenvalue weighted by atomic mass is 10.1. The number of hydrogen-bond donors (Lipinski definition) is 3. The number of hydrogen-bond acceptors (Lipinski definition) is 3. The number of amides is 1. The number of benzene rings is 1. The second kappa shape index (κ2) is 5.27. The number of H-pyrrole nitrogens is 1. The number of nitrogens with two attached hydrogens (primary N) is 1. The van der Waals surface area contributed by atoms with Crippen LogP contribution in [0.4, 0.5) is 0 Å².